The molecule has 26 heavy (non-hydrogen) atoms. The predicted molar refractivity (Wildman–Crippen MR) is 96.4 cm³/mol. The molecule has 1 unspecified atom stereocenters. The second-order valence-corrected chi connectivity index (χ2v) is 5.87. The number of nitro groups is 1. The topological polar surface area (TPSA) is 90.4 Å². The molecule has 2 aromatic carbocycles. The maximum Gasteiger partial charge on any atom is 0.270 e. The fraction of sp³-hybridized carbons (Fsp3) is 0.211. The van der Waals surface area contributed by atoms with Crippen molar-refractivity contribution in [3.8, 4) is 11.4 Å². The van der Waals surface area contributed by atoms with E-state index in [9.17, 15) is 15.2 Å². The molecule has 0 spiro atoms. The highest BCUT2D eigenvalue weighted by Crippen LogP contribution is 2.22. The van der Waals surface area contributed by atoms with Gasteiger partial charge in [0.05, 0.1) is 30.8 Å². The van der Waals surface area contributed by atoms with E-state index in [-0.39, 0.29) is 18.8 Å². The zero-order chi connectivity index (χ0) is 18.4. The van der Waals surface area contributed by atoms with Crippen molar-refractivity contribution >= 4 is 5.69 Å². The van der Waals surface area contributed by atoms with Crippen molar-refractivity contribution in [3.63, 3.8) is 0 Å². The fourth-order valence-corrected chi connectivity index (χ4v) is 2.64. The molecule has 0 saturated carbocycles. The second-order valence-electron chi connectivity index (χ2n) is 5.87. The molecule has 7 heteroatoms. The van der Waals surface area contributed by atoms with E-state index in [1.165, 1.54) is 12.1 Å². The van der Waals surface area contributed by atoms with Crippen LogP contribution in [-0.4, -0.2) is 32.3 Å². The minimum Gasteiger partial charge on any atom is -0.389 e. The monoisotopic (exact) mass is 353 g/mol. The van der Waals surface area contributed by atoms with E-state index < -0.39 is 11.0 Å². The number of rotatable bonds is 8. The highest BCUT2D eigenvalue weighted by atomic mass is 16.6. The summed E-state index contributed by atoms with van der Waals surface area (Å²) >= 11 is 0. The summed E-state index contributed by atoms with van der Waals surface area (Å²) in [5.41, 5.74) is 1.67. The molecular formula is C19H19N3O4. The van der Waals surface area contributed by atoms with Crippen LogP contribution in [0.4, 0.5) is 5.69 Å². The van der Waals surface area contributed by atoms with Crippen LogP contribution in [0.5, 0.6) is 0 Å². The Bertz CT molecular complexity index is 864. The lowest BCUT2D eigenvalue weighted by Gasteiger charge is -2.14. The molecule has 0 aliphatic heterocycles. The van der Waals surface area contributed by atoms with Crippen LogP contribution in [0.1, 0.15) is 5.56 Å². The molecule has 134 valence electrons. The normalized spacial score (nSPS) is 12.0. The van der Waals surface area contributed by atoms with E-state index in [2.05, 4.69) is 4.98 Å². The lowest BCUT2D eigenvalue weighted by Crippen LogP contribution is -2.22. The number of aliphatic hydroxyl groups excluding tert-OH is 1. The molecule has 0 bridgehead atoms. The van der Waals surface area contributed by atoms with E-state index in [4.69, 9.17) is 4.74 Å². The number of nitro benzene ring substituents is 1. The smallest absolute Gasteiger partial charge is 0.270 e. The highest BCUT2D eigenvalue weighted by Gasteiger charge is 2.13. The maximum absolute atomic E-state index is 10.9. The SMILES string of the molecule is O=[N+]([O-])c1cccc(-c2nccn2CC(O)COCc2ccccc2)c1. The third-order valence-electron chi connectivity index (χ3n) is 3.86. The standard InChI is InChI=1S/C19H19N3O4/c23-18(14-26-13-15-5-2-1-3-6-15)12-21-10-9-20-19(21)16-7-4-8-17(11-16)22(24)25/h1-11,18,23H,12-14H2. The zero-order valence-electron chi connectivity index (χ0n) is 14.1. The summed E-state index contributed by atoms with van der Waals surface area (Å²) in [5, 5.41) is 21.2. The number of hydrogen-bond acceptors (Lipinski definition) is 5. The van der Waals surface area contributed by atoms with Gasteiger partial charge in [-0.05, 0) is 5.56 Å². The Morgan fingerprint density at radius 3 is 2.77 bits per heavy atom. The molecule has 0 aliphatic rings. The summed E-state index contributed by atoms with van der Waals surface area (Å²) in [4.78, 5) is 14.8. The van der Waals surface area contributed by atoms with Crippen molar-refractivity contribution in [2.45, 2.75) is 19.3 Å². The number of benzene rings is 2. The van der Waals surface area contributed by atoms with Crippen molar-refractivity contribution in [1.82, 2.24) is 9.55 Å². The van der Waals surface area contributed by atoms with Crippen LogP contribution in [0, 0.1) is 10.1 Å². The van der Waals surface area contributed by atoms with Crippen LogP contribution < -0.4 is 0 Å². The Morgan fingerprint density at radius 2 is 2.00 bits per heavy atom. The Morgan fingerprint density at radius 1 is 1.19 bits per heavy atom. The van der Waals surface area contributed by atoms with Crippen LogP contribution in [0.25, 0.3) is 11.4 Å². The minimum absolute atomic E-state index is 0.00351. The van der Waals surface area contributed by atoms with Gasteiger partial charge in [-0.25, -0.2) is 4.98 Å². The summed E-state index contributed by atoms with van der Waals surface area (Å²) in [7, 11) is 0. The van der Waals surface area contributed by atoms with Gasteiger partial charge in [-0.2, -0.15) is 0 Å². The van der Waals surface area contributed by atoms with E-state index in [1.54, 1.807) is 29.1 Å². The van der Waals surface area contributed by atoms with Crippen LogP contribution >= 0.6 is 0 Å². The van der Waals surface area contributed by atoms with Gasteiger partial charge in [-0.15, -0.1) is 0 Å². The van der Waals surface area contributed by atoms with Gasteiger partial charge in [0, 0.05) is 30.1 Å². The minimum atomic E-state index is -0.717. The van der Waals surface area contributed by atoms with Gasteiger partial charge in [0.15, 0.2) is 0 Å². The van der Waals surface area contributed by atoms with Crippen molar-refractivity contribution in [2.24, 2.45) is 0 Å². The van der Waals surface area contributed by atoms with Crippen LogP contribution in [0.3, 0.4) is 0 Å². The molecule has 1 atom stereocenters. The quantitative estimate of drug-likeness (QED) is 0.496. The van der Waals surface area contributed by atoms with E-state index >= 15 is 0 Å². The third-order valence-corrected chi connectivity index (χ3v) is 3.86. The van der Waals surface area contributed by atoms with Gasteiger partial charge in [-0.3, -0.25) is 10.1 Å². The molecule has 1 aromatic heterocycles. The van der Waals surface area contributed by atoms with Crippen LogP contribution in [0.2, 0.25) is 0 Å². The molecule has 0 amide bonds. The Balaban J connectivity index is 1.61. The van der Waals surface area contributed by atoms with E-state index in [1.807, 2.05) is 30.3 Å². The van der Waals surface area contributed by atoms with Gasteiger partial charge < -0.3 is 14.4 Å². The molecule has 7 nitrogen and oxygen atoms in total. The molecular weight excluding hydrogens is 334 g/mol. The molecule has 3 aromatic rings. The van der Waals surface area contributed by atoms with E-state index in [0.29, 0.717) is 18.0 Å². The number of aromatic nitrogens is 2. The zero-order valence-corrected chi connectivity index (χ0v) is 14.1. The van der Waals surface area contributed by atoms with Crippen molar-refractivity contribution in [3.05, 3.63) is 82.7 Å². The molecule has 1 N–H and O–H groups in total. The van der Waals surface area contributed by atoms with Crippen LogP contribution in [-0.2, 0) is 17.9 Å². The summed E-state index contributed by atoms with van der Waals surface area (Å²) in [6.45, 7) is 0.897. The number of ether oxygens (including phenoxy) is 1. The first kappa shape index (κ1) is 17.8. The Kier molecular flexibility index (Phi) is 5.73. The number of nitrogens with zero attached hydrogens (tertiary/aromatic N) is 3. The molecule has 0 saturated heterocycles. The summed E-state index contributed by atoms with van der Waals surface area (Å²) in [5.74, 6) is 0.566. The number of non-ortho nitro benzene ring substituents is 1. The summed E-state index contributed by atoms with van der Waals surface area (Å²) in [6.07, 6.45) is 2.62. The highest BCUT2D eigenvalue weighted by molar-refractivity contribution is 5.59. The average Bonchev–Trinajstić information content (AvgIpc) is 3.10. The van der Waals surface area contributed by atoms with Gasteiger partial charge in [0.2, 0.25) is 0 Å². The number of imidazole rings is 1. The number of aliphatic hydroxyl groups is 1. The molecule has 0 fully saturated rings. The van der Waals surface area contributed by atoms with Gasteiger partial charge >= 0.3 is 0 Å². The first-order chi connectivity index (χ1) is 12.6. The molecule has 3 rings (SSSR count). The second kappa shape index (κ2) is 8.37. The Hall–Kier alpha value is -3.03. The number of hydrogen-bond donors (Lipinski definition) is 1. The predicted octanol–water partition coefficient (Wildman–Crippen LogP) is 3.04. The van der Waals surface area contributed by atoms with Gasteiger partial charge in [-0.1, -0.05) is 42.5 Å². The van der Waals surface area contributed by atoms with Crippen molar-refractivity contribution < 1.29 is 14.8 Å². The molecule has 0 radical (unpaired) electrons. The van der Waals surface area contributed by atoms with E-state index in [0.717, 1.165) is 5.56 Å². The van der Waals surface area contributed by atoms with Gasteiger partial charge in [0.25, 0.3) is 5.69 Å². The third kappa shape index (κ3) is 4.53. The largest absolute Gasteiger partial charge is 0.389 e. The molecule has 1 heterocycles. The Labute approximate surface area is 150 Å². The van der Waals surface area contributed by atoms with Crippen LogP contribution in [0.15, 0.2) is 67.0 Å². The van der Waals surface area contributed by atoms with Crippen molar-refractivity contribution in [1.29, 1.82) is 0 Å². The summed E-state index contributed by atoms with van der Waals surface area (Å²) < 4.78 is 7.31. The lowest BCUT2D eigenvalue weighted by atomic mass is 10.2. The first-order valence-electron chi connectivity index (χ1n) is 8.19. The molecule has 0 aliphatic carbocycles. The average molecular weight is 353 g/mol. The maximum atomic E-state index is 10.9. The fourth-order valence-electron chi connectivity index (χ4n) is 2.64. The lowest BCUT2D eigenvalue weighted by molar-refractivity contribution is -0.384. The summed E-state index contributed by atoms with van der Waals surface area (Å²) in [6, 6.07) is 16.0. The van der Waals surface area contributed by atoms with Crippen molar-refractivity contribution in [2.75, 3.05) is 6.61 Å². The first-order valence-corrected chi connectivity index (χ1v) is 8.19. The van der Waals surface area contributed by atoms with Gasteiger partial charge in [0.1, 0.15) is 5.82 Å².